The molecule has 17 heavy (non-hydrogen) atoms. The van der Waals surface area contributed by atoms with E-state index >= 15 is 0 Å². The third kappa shape index (κ3) is 2.94. The number of carbonyl (C=O) groups excluding carboxylic acids is 1. The van der Waals surface area contributed by atoms with Crippen LogP contribution in [0.15, 0.2) is 12.3 Å². The van der Waals surface area contributed by atoms with Gasteiger partial charge in [-0.05, 0) is 13.0 Å². The van der Waals surface area contributed by atoms with Crippen LogP contribution in [-0.2, 0) is 9.47 Å². The molecule has 0 radical (unpaired) electrons. The standard InChI is InChI=1S/C12H16N2O3/c1-8-11(6-9(13)7-14-8)12(15)17-10-2-4-16-5-3-10/h6-7,10H,2-5,13H2,1H3. The van der Waals surface area contributed by atoms with Gasteiger partial charge in [-0.3, -0.25) is 4.98 Å². The molecule has 5 heteroatoms. The largest absolute Gasteiger partial charge is 0.459 e. The highest BCUT2D eigenvalue weighted by Gasteiger charge is 2.20. The van der Waals surface area contributed by atoms with E-state index in [0.717, 1.165) is 12.8 Å². The van der Waals surface area contributed by atoms with Gasteiger partial charge < -0.3 is 15.2 Å². The Morgan fingerprint density at radius 2 is 2.24 bits per heavy atom. The van der Waals surface area contributed by atoms with Gasteiger partial charge in [-0.2, -0.15) is 0 Å². The summed E-state index contributed by atoms with van der Waals surface area (Å²) in [6.07, 6.45) is 2.97. The lowest BCUT2D eigenvalue weighted by Crippen LogP contribution is -2.26. The Morgan fingerprint density at radius 1 is 1.53 bits per heavy atom. The first-order chi connectivity index (χ1) is 8.16. The average Bonchev–Trinajstić information content (AvgIpc) is 2.33. The molecule has 2 rings (SSSR count). The molecule has 0 atom stereocenters. The second-order valence-electron chi connectivity index (χ2n) is 4.12. The van der Waals surface area contributed by atoms with Gasteiger partial charge in [-0.15, -0.1) is 0 Å². The lowest BCUT2D eigenvalue weighted by molar-refractivity contribution is -0.0160. The minimum atomic E-state index is -0.353. The Balaban J connectivity index is 2.05. The molecule has 1 aliphatic heterocycles. The number of rotatable bonds is 2. The van der Waals surface area contributed by atoms with Gasteiger partial charge in [0.25, 0.3) is 0 Å². The second kappa shape index (κ2) is 5.14. The highest BCUT2D eigenvalue weighted by Crippen LogP contribution is 2.16. The van der Waals surface area contributed by atoms with Crippen molar-refractivity contribution in [2.24, 2.45) is 0 Å². The van der Waals surface area contributed by atoms with E-state index in [1.165, 1.54) is 6.20 Å². The number of nitrogen functional groups attached to an aromatic ring is 1. The van der Waals surface area contributed by atoms with Crippen molar-refractivity contribution in [3.8, 4) is 0 Å². The molecular weight excluding hydrogens is 220 g/mol. The van der Waals surface area contributed by atoms with E-state index in [9.17, 15) is 4.79 Å². The highest BCUT2D eigenvalue weighted by molar-refractivity contribution is 5.91. The molecule has 1 aromatic heterocycles. The van der Waals surface area contributed by atoms with Gasteiger partial charge in [0.2, 0.25) is 0 Å². The maximum atomic E-state index is 11.9. The maximum Gasteiger partial charge on any atom is 0.340 e. The lowest BCUT2D eigenvalue weighted by Gasteiger charge is -2.22. The topological polar surface area (TPSA) is 74.4 Å². The van der Waals surface area contributed by atoms with Gasteiger partial charge in [0.05, 0.1) is 36.4 Å². The summed E-state index contributed by atoms with van der Waals surface area (Å²) in [5.41, 5.74) is 7.15. The van der Waals surface area contributed by atoms with Gasteiger partial charge in [-0.1, -0.05) is 0 Å². The fraction of sp³-hybridized carbons (Fsp3) is 0.500. The zero-order valence-electron chi connectivity index (χ0n) is 9.81. The van der Waals surface area contributed by atoms with Crippen LogP contribution in [0, 0.1) is 6.92 Å². The minimum absolute atomic E-state index is 0.0583. The summed E-state index contributed by atoms with van der Waals surface area (Å²) in [6, 6.07) is 1.60. The highest BCUT2D eigenvalue weighted by atomic mass is 16.6. The Hall–Kier alpha value is -1.62. The van der Waals surface area contributed by atoms with E-state index in [1.807, 2.05) is 0 Å². The molecule has 1 aliphatic rings. The van der Waals surface area contributed by atoms with Crippen LogP contribution < -0.4 is 5.73 Å². The van der Waals surface area contributed by atoms with E-state index in [2.05, 4.69) is 4.98 Å². The van der Waals surface area contributed by atoms with Crippen molar-refractivity contribution >= 4 is 11.7 Å². The number of esters is 1. The Morgan fingerprint density at radius 3 is 2.94 bits per heavy atom. The molecule has 0 amide bonds. The first kappa shape index (κ1) is 11.9. The van der Waals surface area contributed by atoms with E-state index < -0.39 is 0 Å². The molecular formula is C12H16N2O3. The van der Waals surface area contributed by atoms with E-state index in [0.29, 0.717) is 30.2 Å². The summed E-state index contributed by atoms with van der Waals surface area (Å²) in [7, 11) is 0. The number of nitrogens with zero attached hydrogens (tertiary/aromatic N) is 1. The number of aromatic nitrogens is 1. The number of aryl methyl sites for hydroxylation is 1. The number of nitrogens with two attached hydrogens (primary N) is 1. The van der Waals surface area contributed by atoms with Crippen LogP contribution in [0.3, 0.4) is 0 Å². The van der Waals surface area contributed by atoms with Crippen LogP contribution in [0.4, 0.5) is 5.69 Å². The molecule has 0 bridgehead atoms. The molecule has 0 aliphatic carbocycles. The maximum absolute atomic E-state index is 11.9. The van der Waals surface area contributed by atoms with Gasteiger partial charge in [-0.25, -0.2) is 4.79 Å². The number of ether oxygens (including phenoxy) is 2. The van der Waals surface area contributed by atoms with Crippen molar-refractivity contribution in [2.75, 3.05) is 18.9 Å². The molecule has 2 heterocycles. The van der Waals surface area contributed by atoms with E-state index in [-0.39, 0.29) is 12.1 Å². The van der Waals surface area contributed by atoms with Crippen LogP contribution >= 0.6 is 0 Å². The van der Waals surface area contributed by atoms with Crippen molar-refractivity contribution < 1.29 is 14.3 Å². The molecule has 0 saturated carbocycles. The molecule has 2 N–H and O–H groups in total. The number of hydrogen-bond donors (Lipinski definition) is 1. The van der Waals surface area contributed by atoms with Gasteiger partial charge in [0, 0.05) is 12.8 Å². The molecule has 5 nitrogen and oxygen atoms in total. The lowest BCUT2D eigenvalue weighted by atomic mass is 10.1. The van der Waals surface area contributed by atoms with Gasteiger partial charge in [0.15, 0.2) is 0 Å². The summed E-state index contributed by atoms with van der Waals surface area (Å²) in [5, 5.41) is 0. The van der Waals surface area contributed by atoms with Crippen LogP contribution in [0.2, 0.25) is 0 Å². The summed E-state index contributed by atoms with van der Waals surface area (Å²) in [4.78, 5) is 16.0. The molecule has 0 unspecified atom stereocenters. The third-order valence-electron chi connectivity index (χ3n) is 2.77. The molecule has 1 fully saturated rings. The third-order valence-corrected chi connectivity index (χ3v) is 2.77. The van der Waals surface area contributed by atoms with Crippen molar-refractivity contribution in [3.63, 3.8) is 0 Å². The van der Waals surface area contributed by atoms with Crippen LogP contribution in [0.25, 0.3) is 0 Å². The van der Waals surface area contributed by atoms with Crippen molar-refractivity contribution in [2.45, 2.75) is 25.9 Å². The van der Waals surface area contributed by atoms with Crippen LogP contribution in [0.1, 0.15) is 28.9 Å². The van der Waals surface area contributed by atoms with Crippen molar-refractivity contribution in [1.29, 1.82) is 0 Å². The van der Waals surface area contributed by atoms with E-state index in [4.69, 9.17) is 15.2 Å². The summed E-state index contributed by atoms with van der Waals surface area (Å²) < 4.78 is 10.6. The van der Waals surface area contributed by atoms with E-state index in [1.54, 1.807) is 13.0 Å². The summed E-state index contributed by atoms with van der Waals surface area (Å²) in [5.74, 6) is -0.353. The number of pyridine rings is 1. The average molecular weight is 236 g/mol. The molecule has 1 aromatic rings. The normalized spacial score (nSPS) is 16.8. The molecule has 92 valence electrons. The minimum Gasteiger partial charge on any atom is -0.459 e. The summed E-state index contributed by atoms with van der Waals surface area (Å²) >= 11 is 0. The first-order valence-electron chi connectivity index (χ1n) is 5.67. The predicted molar refractivity (Wildman–Crippen MR) is 62.6 cm³/mol. The molecule has 1 saturated heterocycles. The molecule has 0 spiro atoms. The number of anilines is 1. The zero-order chi connectivity index (χ0) is 12.3. The smallest absolute Gasteiger partial charge is 0.340 e. The number of hydrogen-bond acceptors (Lipinski definition) is 5. The second-order valence-corrected chi connectivity index (χ2v) is 4.12. The van der Waals surface area contributed by atoms with Crippen molar-refractivity contribution in [3.05, 3.63) is 23.5 Å². The Bertz CT molecular complexity index is 414. The van der Waals surface area contributed by atoms with Gasteiger partial charge >= 0.3 is 5.97 Å². The predicted octanol–water partition coefficient (Wildman–Crippen LogP) is 1.31. The fourth-order valence-corrected chi connectivity index (χ4v) is 1.76. The van der Waals surface area contributed by atoms with Crippen LogP contribution in [0.5, 0.6) is 0 Å². The monoisotopic (exact) mass is 236 g/mol. The van der Waals surface area contributed by atoms with Gasteiger partial charge in [0.1, 0.15) is 6.10 Å². The quantitative estimate of drug-likeness (QED) is 0.783. The van der Waals surface area contributed by atoms with Crippen molar-refractivity contribution in [1.82, 2.24) is 4.98 Å². The zero-order valence-corrected chi connectivity index (χ0v) is 9.81. The summed E-state index contributed by atoms with van der Waals surface area (Å²) in [6.45, 7) is 3.05. The Kier molecular flexibility index (Phi) is 3.58. The number of carbonyl (C=O) groups is 1. The molecule has 0 aromatic carbocycles. The van der Waals surface area contributed by atoms with Crippen LogP contribution in [-0.4, -0.2) is 30.3 Å². The fourth-order valence-electron chi connectivity index (χ4n) is 1.76. The first-order valence-corrected chi connectivity index (χ1v) is 5.67. The SMILES string of the molecule is Cc1ncc(N)cc1C(=O)OC1CCOCC1. The Labute approximate surface area is 99.9 Å².